The Balaban J connectivity index is 2.24. The summed E-state index contributed by atoms with van der Waals surface area (Å²) in [6.07, 6.45) is 3.99. The van der Waals surface area contributed by atoms with Gasteiger partial charge < -0.3 is 5.73 Å². The molecule has 2 N–H and O–H groups in total. The van der Waals surface area contributed by atoms with Crippen LogP contribution in [0, 0.1) is 5.41 Å². The van der Waals surface area contributed by atoms with Gasteiger partial charge in [-0.3, -0.25) is 0 Å². The number of nitrogen functional groups attached to an aromatic ring is 1. The molecule has 0 amide bonds. The molecule has 1 aromatic carbocycles. The maximum atomic E-state index is 12.7. The van der Waals surface area contributed by atoms with Crippen LogP contribution >= 0.6 is 11.6 Å². The standard InChI is InChI=1S/C15H23ClN2O2S/c1-3-15(4-2)7-9-18(10-8-15)21(19,20)14-11-12(16)5-6-13(14)17/h5-6,11H,3-4,7-10,17H2,1-2H3. The first-order chi connectivity index (χ1) is 9.84. The molecule has 0 unspecified atom stereocenters. The number of nitrogens with two attached hydrogens (primary N) is 1. The lowest BCUT2D eigenvalue weighted by Gasteiger charge is -2.40. The second-order valence-electron chi connectivity index (χ2n) is 5.79. The van der Waals surface area contributed by atoms with Crippen molar-refractivity contribution in [3.8, 4) is 0 Å². The number of anilines is 1. The van der Waals surface area contributed by atoms with E-state index in [0.29, 0.717) is 18.1 Å². The summed E-state index contributed by atoms with van der Waals surface area (Å²) < 4.78 is 27.0. The number of nitrogens with zero attached hydrogens (tertiary/aromatic N) is 1. The van der Waals surface area contributed by atoms with Gasteiger partial charge in [0.2, 0.25) is 10.0 Å². The van der Waals surface area contributed by atoms with Crippen LogP contribution in [0.4, 0.5) is 5.69 Å². The van der Waals surface area contributed by atoms with E-state index in [4.69, 9.17) is 17.3 Å². The molecule has 0 aromatic heterocycles. The average Bonchev–Trinajstić information content (AvgIpc) is 2.49. The van der Waals surface area contributed by atoms with Crippen molar-refractivity contribution in [2.24, 2.45) is 5.41 Å². The Morgan fingerprint density at radius 1 is 1.24 bits per heavy atom. The molecule has 0 radical (unpaired) electrons. The van der Waals surface area contributed by atoms with Crippen LogP contribution in [0.15, 0.2) is 23.1 Å². The molecule has 118 valence electrons. The van der Waals surface area contributed by atoms with Gasteiger partial charge in [0.15, 0.2) is 0 Å². The smallest absolute Gasteiger partial charge is 0.245 e. The van der Waals surface area contributed by atoms with Gasteiger partial charge in [0.1, 0.15) is 4.90 Å². The van der Waals surface area contributed by atoms with Gasteiger partial charge in [-0.2, -0.15) is 4.31 Å². The number of benzene rings is 1. The molecule has 1 fully saturated rings. The zero-order chi connectivity index (χ0) is 15.7. The zero-order valence-corrected chi connectivity index (χ0v) is 14.2. The Bertz CT molecular complexity index is 602. The summed E-state index contributed by atoms with van der Waals surface area (Å²) in [4.78, 5) is 0.121. The van der Waals surface area contributed by atoms with Crippen LogP contribution in [-0.2, 0) is 10.0 Å². The summed E-state index contributed by atoms with van der Waals surface area (Å²) in [5.74, 6) is 0. The second-order valence-corrected chi connectivity index (χ2v) is 8.14. The fourth-order valence-corrected chi connectivity index (χ4v) is 4.85. The van der Waals surface area contributed by atoms with Crippen molar-refractivity contribution < 1.29 is 8.42 Å². The highest BCUT2D eigenvalue weighted by Gasteiger charge is 2.36. The third kappa shape index (κ3) is 3.20. The van der Waals surface area contributed by atoms with Crippen molar-refractivity contribution in [2.45, 2.75) is 44.4 Å². The second kappa shape index (κ2) is 6.15. The number of rotatable bonds is 4. The zero-order valence-electron chi connectivity index (χ0n) is 12.6. The molecule has 1 saturated heterocycles. The van der Waals surface area contributed by atoms with Crippen molar-refractivity contribution in [3.63, 3.8) is 0 Å². The van der Waals surface area contributed by atoms with E-state index in [2.05, 4.69) is 13.8 Å². The van der Waals surface area contributed by atoms with Crippen LogP contribution in [0.1, 0.15) is 39.5 Å². The maximum Gasteiger partial charge on any atom is 0.245 e. The van der Waals surface area contributed by atoms with Gasteiger partial charge in [-0.05, 0) is 36.5 Å². The Labute approximate surface area is 132 Å². The van der Waals surface area contributed by atoms with E-state index in [1.165, 1.54) is 6.07 Å². The van der Waals surface area contributed by atoms with Crippen molar-refractivity contribution in [1.29, 1.82) is 0 Å². The molecule has 1 aliphatic rings. The van der Waals surface area contributed by atoms with Crippen LogP contribution in [-0.4, -0.2) is 25.8 Å². The number of piperidine rings is 1. The number of hydrogen-bond donors (Lipinski definition) is 1. The lowest BCUT2D eigenvalue weighted by atomic mass is 9.75. The van der Waals surface area contributed by atoms with Crippen LogP contribution in [0.25, 0.3) is 0 Å². The summed E-state index contributed by atoms with van der Waals surface area (Å²) >= 11 is 5.91. The Morgan fingerprint density at radius 2 is 1.81 bits per heavy atom. The maximum absolute atomic E-state index is 12.7. The largest absolute Gasteiger partial charge is 0.398 e. The summed E-state index contributed by atoms with van der Waals surface area (Å²) in [7, 11) is -3.56. The summed E-state index contributed by atoms with van der Waals surface area (Å²) in [6, 6.07) is 4.58. The molecule has 1 aromatic rings. The molecule has 1 aliphatic heterocycles. The normalized spacial score (nSPS) is 19.6. The van der Waals surface area contributed by atoms with E-state index >= 15 is 0 Å². The van der Waals surface area contributed by atoms with Gasteiger partial charge in [-0.15, -0.1) is 0 Å². The predicted octanol–water partition coefficient (Wildman–Crippen LogP) is 3.51. The summed E-state index contributed by atoms with van der Waals surface area (Å²) in [6.45, 7) is 5.47. The molecule has 1 heterocycles. The van der Waals surface area contributed by atoms with Gasteiger partial charge in [-0.1, -0.05) is 38.3 Å². The monoisotopic (exact) mass is 330 g/mol. The van der Waals surface area contributed by atoms with Gasteiger partial charge in [-0.25, -0.2) is 8.42 Å². The van der Waals surface area contributed by atoms with Crippen molar-refractivity contribution in [2.75, 3.05) is 18.8 Å². The van der Waals surface area contributed by atoms with Crippen LogP contribution < -0.4 is 5.73 Å². The number of sulfonamides is 1. The van der Waals surface area contributed by atoms with Crippen molar-refractivity contribution >= 4 is 27.3 Å². The first-order valence-electron chi connectivity index (χ1n) is 7.40. The highest BCUT2D eigenvalue weighted by atomic mass is 35.5. The van der Waals surface area contributed by atoms with Crippen LogP contribution in [0.2, 0.25) is 5.02 Å². The third-order valence-corrected chi connectivity index (χ3v) is 7.07. The van der Waals surface area contributed by atoms with E-state index in [0.717, 1.165) is 25.7 Å². The van der Waals surface area contributed by atoms with Gasteiger partial charge >= 0.3 is 0 Å². The average molecular weight is 331 g/mol. The minimum atomic E-state index is -3.56. The molecule has 0 aliphatic carbocycles. The molecule has 0 spiro atoms. The molecule has 2 rings (SSSR count). The first kappa shape index (κ1) is 16.6. The van der Waals surface area contributed by atoms with E-state index in [1.807, 2.05) is 0 Å². The number of halogens is 1. The predicted molar refractivity (Wildman–Crippen MR) is 86.9 cm³/mol. The van der Waals surface area contributed by atoms with E-state index in [9.17, 15) is 8.42 Å². The van der Waals surface area contributed by atoms with E-state index in [1.54, 1.807) is 16.4 Å². The van der Waals surface area contributed by atoms with Crippen LogP contribution in [0.5, 0.6) is 0 Å². The van der Waals surface area contributed by atoms with E-state index in [-0.39, 0.29) is 16.0 Å². The van der Waals surface area contributed by atoms with Gasteiger partial charge in [0, 0.05) is 18.1 Å². The summed E-state index contributed by atoms with van der Waals surface area (Å²) in [5.41, 5.74) is 6.36. The van der Waals surface area contributed by atoms with E-state index < -0.39 is 10.0 Å². The lowest BCUT2D eigenvalue weighted by Crippen LogP contribution is -2.42. The molecule has 0 bridgehead atoms. The Morgan fingerprint density at radius 3 is 2.33 bits per heavy atom. The molecular formula is C15H23ClN2O2S. The fraction of sp³-hybridized carbons (Fsp3) is 0.600. The SMILES string of the molecule is CCC1(CC)CCN(S(=O)(=O)c2cc(Cl)ccc2N)CC1. The minimum Gasteiger partial charge on any atom is -0.398 e. The highest BCUT2D eigenvalue weighted by molar-refractivity contribution is 7.89. The number of hydrogen-bond acceptors (Lipinski definition) is 3. The molecule has 0 atom stereocenters. The molecule has 6 heteroatoms. The van der Waals surface area contributed by atoms with Gasteiger partial charge in [0.05, 0.1) is 5.69 Å². The van der Waals surface area contributed by atoms with Crippen molar-refractivity contribution in [3.05, 3.63) is 23.2 Å². The highest BCUT2D eigenvalue weighted by Crippen LogP contribution is 2.39. The molecule has 21 heavy (non-hydrogen) atoms. The Kier molecular flexibility index (Phi) is 4.85. The third-order valence-electron chi connectivity index (χ3n) is 4.88. The van der Waals surface area contributed by atoms with Crippen molar-refractivity contribution in [1.82, 2.24) is 4.31 Å². The molecule has 4 nitrogen and oxygen atoms in total. The summed E-state index contributed by atoms with van der Waals surface area (Å²) in [5, 5.41) is 0.385. The lowest BCUT2D eigenvalue weighted by molar-refractivity contribution is 0.141. The quantitative estimate of drug-likeness (QED) is 0.859. The van der Waals surface area contributed by atoms with Gasteiger partial charge in [0.25, 0.3) is 0 Å². The molecule has 0 saturated carbocycles. The fourth-order valence-electron chi connectivity index (χ4n) is 3.03. The topological polar surface area (TPSA) is 63.4 Å². The molecular weight excluding hydrogens is 308 g/mol. The Hall–Kier alpha value is -0.780. The van der Waals surface area contributed by atoms with Crippen LogP contribution in [0.3, 0.4) is 0 Å². The first-order valence-corrected chi connectivity index (χ1v) is 9.21. The minimum absolute atomic E-state index is 0.121.